The zero-order chi connectivity index (χ0) is 14.7. The van der Waals surface area contributed by atoms with Crippen molar-refractivity contribution < 1.29 is 14.3 Å². The molecule has 112 valence electrons. The van der Waals surface area contributed by atoms with Gasteiger partial charge < -0.3 is 9.52 Å². The fourth-order valence-electron chi connectivity index (χ4n) is 3.20. The number of benzene rings is 1. The summed E-state index contributed by atoms with van der Waals surface area (Å²) >= 11 is 0. The third-order valence-electron chi connectivity index (χ3n) is 4.29. The molecule has 0 radical (unpaired) electrons. The Morgan fingerprint density at radius 3 is 3.10 bits per heavy atom. The van der Waals surface area contributed by atoms with Crippen LogP contribution in [-0.4, -0.2) is 42.0 Å². The number of Topliss-reactive ketones (excluding diaryl/α,β-unsaturated/α-hetero) is 1. The Morgan fingerprint density at radius 1 is 1.38 bits per heavy atom. The highest BCUT2D eigenvalue weighted by Gasteiger charge is 2.23. The molecule has 0 bridgehead atoms. The highest BCUT2D eigenvalue weighted by atomic mass is 16.3. The van der Waals surface area contributed by atoms with Gasteiger partial charge in [0, 0.05) is 18.5 Å². The Kier molecular flexibility index (Phi) is 4.36. The molecule has 2 aromatic rings. The molecule has 1 atom stereocenters. The Balaban J connectivity index is 1.68. The van der Waals surface area contributed by atoms with Crippen LogP contribution in [0.3, 0.4) is 0 Å². The van der Waals surface area contributed by atoms with Crippen molar-refractivity contribution in [3.8, 4) is 0 Å². The largest absolute Gasteiger partial charge is 0.464 e. The first-order valence-electron chi connectivity index (χ1n) is 7.60. The van der Waals surface area contributed by atoms with Crippen molar-refractivity contribution in [2.75, 3.05) is 26.2 Å². The quantitative estimate of drug-likeness (QED) is 0.859. The number of nitrogens with zero attached hydrogens (tertiary/aromatic N) is 1. The van der Waals surface area contributed by atoms with Crippen molar-refractivity contribution in [1.29, 1.82) is 0 Å². The molecule has 4 nitrogen and oxygen atoms in total. The molecule has 1 fully saturated rings. The third kappa shape index (κ3) is 3.17. The summed E-state index contributed by atoms with van der Waals surface area (Å²) in [5.74, 6) is 0.627. The van der Waals surface area contributed by atoms with E-state index < -0.39 is 0 Å². The van der Waals surface area contributed by atoms with E-state index in [1.165, 1.54) is 0 Å². The lowest BCUT2D eigenvalue weighted by Crippen LogP contribution is -2.39. The Labute approximate surface area is 124 Å². The highest BCUT2D eigenvalue weighted by molar-refractivity contribution is 6.08. The van der Waals surface area contributed by atoms with Gasteiger partial charge in [0.15, 0.2) is 5.78 Å². The molecule has 1 N–H and O–H groups in total. The highest BCUT2D eigenvalue weighted by Crippen LogP contribution is 2.23. The Hall–Kier alpha value is -1.65. The molecule has 2 heterocycles. The van der Waals surface area contributed by atoms with Crippen LogP contribution < -0.4 is 0 Å². The fourth-order valence-corrected chi connectivity index (χ4v) is 3.20. The van der Waals surface area contributed by atoms with Gasteiger partial charge in [0.25, 0.3) is 0 Å². The summed E-state index contributed by atoms with van der Waals surface area (Å²) in [6.07, 6.45) is 4.66. The van der Waals surface area contributed by atoms with E-state index in [2.05, 4.69) is 4.90 Å². The summed E-state index contributed by atoms with van der Waals surface area (Å²) in [5.41, 5.74) is 1.44. The number of likely N-dealkylation sites (tertiary alicyclic amines) is 1. The zero-order valence-corrected chi connectivity index (χ0v) is 12.1. The number of para-hydroxylation sites is 1. The molecule has 1 aliphatic rings. The maximum Gasteiger partial charge on any atom is 0.180 e. The van der Waals surface area contributed by atoms with E-state index in [1.54, 1.807) is 6.26 Å². The first-order chi connectivity index (χ1) is 10.3. The minimum atomic E-state index is 0.115. The molecule has 0 spiro atoms. The van der Waals surface area contributed by atoms with E-state index in [0.717, 1.165) is 43.3 Å². The van der Waals surface area contributed by atoms with Crippen molar-refractivity contribution in [3.63, 3.8) is 0 Å². The zero-order valence-electron chi connectivity index (χ0n) is 12.1. The van der Waals surface area contributed by atoms with Gasteiger partial charge in [0.1, 0.15) is 11.8 Å². The number of fused-ring (bicyclic) bond motifs is 1. The van der Waals surface area contributed by atoms with Gasteiger partial charge in [-0.3, -0.25) is 9.69 Å². The molecule has 1 aliphatic heterocycles. The molecule has 3 rings (SSSR count). The van der Waals surface area contributed by atoms with E-state index in [0.29, 0.717) is 18.0 Å². The van der Waals surface area contributed by atoms with E-state index in [-0.39, 0.29) is 12.4 Å². The molecule has 0 saturated carbocycles. The lowest BCUT2D eigenvalue weighted by molar-refractivity contribution is 0.0872. The predicted molar refractivity (Wildman–Crippen MR) is 81.4 cm³/mol. The van der Waals surface area contributed by atoms with E-state index in [4.69, 9.17) is 9.52 Å². The fraction of sp³-hybridized carbons (Fsp3) is 0.471. The topological polar surface area (TPSA) is 53.7 Å². The van der Waals surface area contributed by atoms with Crippen LogP contribution in [0.4, 0.5) is 0 Å². The van der Waals surface area contributed by atoms with Crippen molar-refractivity contribution in [3.05, 3.63) is 36.1 Å². The minimum absolute atomic E-state index is 0.115. The lowest BCUT2D eigenvalue weighted by atomic mass is 9.95. The van der Waals surface area contributed by atoms with Crippen LogP contribution in [0.5, 0.6) is 0 Å². The number of carbonyl (C=O) groups is 1. The minimum Gasteiger partial charge on any atom is -0.464 e. The van der Waals surface area contributed by atoms with Crippen molar-refractivity contribution in [1.82, 2.24) is 4.90 Å². The SMILES string of the molecule is O=C(CN1CCCC(CCO)C1)c1coc2ccccc12. The average Bonchev–Trinajstić information content (AvgIpc) is 2.92. The van der Waals surface area contributed by atoms with Crippen LogP contribution in [0, 0.1) is 5.92 Å². The molecule has 0 amide bonds. The number of ketones is 1. The first kappa shape index (κ1) is 14.3. The van der Waals surface area contributed by atoms with Gasteiger partial charge in [-0.05, 0) is 37.8 Å². The van der Waals surface area contributed by atoms with Crippen LogP contribution in [-0.2, 0) is 0 Å². The van der Waals surface area contributed by atoms with Crippen LogP contribution in [0.1, 0.15) is 29.6 Å². The summed E-state index contributed by atoms with van der Waals surface area (Å²) < 4.78 is 5.45. The second-order valence-corrected chi connectivity index (χ2v) is 5.82. The monoisotopic (exact) mass is 287 g/mol. The van der Waals surface area contributed by atoms with E-state index >= 15 is 0 Å². The van der Waals surface area contributed by atoms with E-state index in [1.807, 2.05) is 24.3 Å². The van der Waals surface area contributed by atoms with E-state index in [9.17, 15) is 4.79 Å². The van der Waals surface area contributed by atoms with Gasteiger partial charge in [-0.2, -0.15) is 0 Å². The number of hydrogen-bond acceptors (Lipinski definition) is 4. The van der Waals surface area contributed by atoms with Crippen molar-refractivity contribution >= 4 is 16.8 Å². The first-order valence-corrected chi connectivity index (χ1v) is 7.60. The molecule has 1 unspecified atom stereocenters. The molecule has 21 heavy (non-hydrogen) atoms. The van der Waals surface area contributed by atoms with Gasteiger partial charge in [0.05, 0.1) is 12.1 Å². The predicted octanol–water partition coefficient (Wildman–Crippen LogP) is 2.71. The molecule has 4 heteroatoms. The van der Waals surface area contributed by atoms with Crippen molar-refractivity contribution in [2.45, 2.75) is 19.3 Å². The second-order valence-electron chi connectivity index (χ2n) is 5.82. The smallest absolute Gasteiger partial charge is 0.180 e. The molecule has 0 aliphatic carbocycles. The summed E-state index contributed by atoms with van der Waals surface area (Å²) in [6.45, 7) is 2.54. The van der Waals surface area contributed by atoms with Gasteiger partial charge in [-0.1, -0.05) is 18.2 Å². The number of piperidine rings is 1. The summed E-state index contributed by atoms with van der Waals surface area (Å²) in [7, 11) is 0. The Morgan fingerprint density at radius 2 is 2.24 bits per heavy atom. The number of hydrogen-bond donors (Lipinski definition) is 1. The number of carbonyl (C=O) groups excluding carboxylic acids is 1. The van der Waals surface area contributed by atoms with Crippen LogP contribution in [0.2, 0.25) is 0 Å². The molecular weight excluding hydrogens is 266 g/mol. The van der Waals surface area contributed by atoms with Gasteiger partial charge in [-0.25, -0.2) is 0 Å². The summed E-state index contributed by atoms with van der Waals surface area (Å²) in [5, 5.41) is 9.95. The lowest BCUT2D eigenvalue weighted by Gasteiger charge is -2.31. The normalized spacial score (nSPS) is 20.0. The standard InChI is InChI=1S/C17H21NO3/c19-9-7-13-4-3-8-18(10-13)11-16(20)15-12-21-17-6-2-1-5-14(15)17/h1-2,5-6,12-13,19H,3-4,7-11H2. The molecule has 1 aromatic carbocycles. The van der Waals surface area contributed by atoms with Gasteiger partial charge in [-0.15, -0.1) is 0 Å². The third-order valence-corrected chi connectivity index (χ3v) is 4.29. The number of aliphatic hydroxyl groups is 1. The number of furan rings is 1. The summed E-state index contributed by atoms with van der Waals surface area (Å²) in [4.78, 5) is 14.7. The number of aliphatic hydroxyl groups excluding tert-OH is 1. The number of rotatable bonds is 5. The van der Waals surface area contributed by atoms with Crippen LogP contribution >= 0.6 is 0 Å². The van der Waals surface area contributed by atoms with Crippen molar-refractivity contribution in [2.24, 2.45) is 5.92 Å². The maximum atomic E-state index is 12.5. The molecular formula is C17H21NO3. The van der Waals surface area contributed by atoms with Gasteiger partial charge >= 0.3 is 0 Å². The average molecular weight is 287 g/mol. The Bertz CT molecular complexity index is 617. The summed E-state index contributed by atoms with van der Waals surface area (Å²) in [6, 6.07) is 7.64. The van der Waals surface area contributed by atoms with Gasteiger partial charge in [0.2, 0.25) is 0 Å². The second kappa shape index (κ2) is 6.41. The van der Waals surface area contributed by atoms with Crippen LogP contribution in [0.25, 0.3) is 11.0 Å². The molecule has 1 aromatic heterocycles. The molecule has 1 saturated heterocycles. The maximum absolute atomic E-state index is 12.5. The van der Waals surface area contributed by atoms with Crippen LogP contribution in [0.15, 0.2) is 34.9 Å².